The molecule has 0 bridgehead atoms. The van der Waals surface area contributed by atoms with Gasteiger partial charge in [-0.05, 0) is 36.2 Å². The van der Waals surface area contributed by atoms with Crippen LogP contribution in [0.3, 0.4) is 0 Å². The van der Waals surface area contributed by atoms with Crippen LogP contribution in [0.1, 0.15) is 12.5 Å². The number of nitrogens with zero attached hydrogens (tertiary/aromatic N) is 3. The topological polar surface area (TPSA) is 76.2 Å². The summed E-state index contributed by atoms with van der Waals surface area (Å²) in [4.78, 5) is 10.8. The molecule has 0 fully saturated rings. The van der Waals surface area contributed by atoms with Crippen molar-refractivity contribution in [2.75, 3.05) is 11.2 Å². The van der Waals surface area contributed by atoms with E-state index in [-0.39, 0.29) is 0 Å². The Morgan fingerprint density at radius 1 is 1.04 bits per heavy atom. The number of anilines is 2. The molecule has 2 heterocycles. The van der Waals surface area contributed by atoms with Gasteiger partial charge in [-0.3, -0.25) is 5.43 Å². The predicted octanol–water partition coefficient (Wildman–Crippen LogP) is 4.78. The van der Waals surface area contributed by atoms with Gasteiger partial charge in [0.25, 0.3) is 0 Å². The molecule has 0 aliphatic carbocycles. The fourth-order valence-electron chi connectivity index (χ4n) is 2.61. The van der Waals surface area contributed by atoms with Crippen molar-refractivity contribution in [3.63, 3.8) is 0 Å². The second-order valence-electron chi connectivity index (χ2n) is 5.85. The van der Waals surface area contributed by atoms with Gasteiger partial charge in [-0.2, -0.15) is 5.10 Å². The molecule has 0 saturated carbocycles. The molecule has 0 aliphatic rings. The van der Waals surface area contributed by atoms with Crippen LogP contribution >= 0.6 is 11.3 Å². The Hall–Kier alpha value is -3.25. The molecule has 3 N–H and O–H groups in total. The quantitative estimate of drug-likeness (QED) is 0.312. The van der Waals surface area contributed by atoms with Crippen molar-refractivity contribution < 1.29 is 0 Å². The fourth-order valence-corrected chi connectivity index (χ4v) is 3.62. The van der Waals surface area contributed by atoms with Crippen LogP contribution in [-0.2, 0) is 0 Å². The van der Waals surface area contributed by atoms with Crippen molar-refractivity contribution in [2.45, 2.75) is 6.92 Å². The number of hydrazone groups is 1. The number of fused-ring (bicyclic) bond motifs is 1. The number of thiophene rings is 1. The molecular weight excluding hydrogens is 342 g/mol. The smallest absolute Gasteiger partial charge is 0.158 e. The summed E-state index contributed by atoms with van der Waals surface area (Å²) in [5.74, 6) is 0.697. The number of nitrogens with one attached hydrogen (secondary N) is 1. The van der Waals surface area contributed by atoms with Crippen LogP contribution in [0.4, 0.5) is 11.5 Å². The third-order valence-electron chi connectivity index (χ3n) is 4.05. The maximum atomic E-state index is 5.73. The molecule has 0 amide bonds. The van der Waals surface area contributed by atoms with E-state index < -0.39 is 0 Å². The summed E-state index contributed by atoms with van der Waals surface area (Å²) in [5, 5.41) is 5.43. The largest absolute Gasteiger partial charge is 0.399 e. The van der Waals surface area contributed by atoms with Crippen LogP contribution in [0, 0.1) is 0 Å². The molecule has 0 radical (unpaired) electrons. The average molecular weight is 359 g/mol. The molecule has 5 nitrogen and oxygen atoms in total. The van der Waals surface area contributed by atoms with Gasteiger partial charge in [0.15, 0.2) is 5.82 Å². The molecule has 0 unspecified atom stereocenters. The van der Waals surface area contributed by atoms with Crippen molar-refractivity contribution in [2.24, 2.45) is 5.10 Å². The Morgan fingerprint density at radius 3 is 2.58 bits per heavy atom. The minimum Gasteiger partial charge on any atom is -0.399 e. The van der Waals surface area contributed by atoms with Crippen molar-refractivity contribution in [3.05, 3.63) is 72.6 Å². The third-order valence-corrected chi connectivity index (χ3v) is 5.14. The van der Waals surface area contributed by atoms with E-state index in [2.05, 4.69) is 38.7 Å². The van der Waals surface area contributed by atoms with Crippen LogP contribution in [0.25, 0.3) is 20.7 Å². The number of nitrogen functional groups attached to an aromatic ring is 1. The van der Waals surface area contributed by atoms with E-state index in [1.807, 2.05) is 49.4 Å². The van der Waals surface area contributed by atoms with Gasteiger partial charge in [-0.15, -0.1) is 11.3 Å². The maximum absolute atomic E-state index is 5.73. The van der Waals surface area contributed by atoms with Crippen molar-refractivity contribution >= 4 is 38.8 Å². The standard InChI is InChI=1S/C20H17N5S/c1-13(14-7-9-16(21)10-8-14)24-25-19-17-11-18(15-5-3-2-4-6-15)26-20(17)23-12-22-19/h2-12H,21H2,1H3,(H,22,23,25)/b24-13-. The van der Waals surface area contributed by atoms with E-state index in [9.17, 15) is 0 Å². The van der Waals surface area contributed by atoms with E-state index in [0.29, 0.717) is 5.82 Å². The number of rotatable bonds is 4. The Labute approximate surface area is 155 Å². The molecule has 4 aromatic rings. The summed E-state index contributed by atoms with van der Waals surface area (Å²) in [5.41, 5.74) is 12.6. The summed E-state index contributed by atoms with van der Waals surface area (Å²) >= 11 is 1.64. The van der Waals surface area contributed by atoms with Crippen molar-refractivity contribution in [3.8, 4) is 10.4 Å². The van der Waals surface area contributed by atoms with Crippen LogP contribution < -0.4 is 11.2 Å². The summed E-state index contributed by atoms with van der Waals surface area (Å²) < 4.78 is 0. The van der Waals surface area contributed by atoms with Gasteiger partial charge in [-0.1, -0.05) is 42.5 Å². The molecule has 0 saturated heterocycles. The molecule has 128 valence electrons. The van der Waals surface area contributed by atoms with E-state index >= 15 is 0 Å². The molecule has 26 heavy (non-hydrogen) atoms. The summed E-state index contributed by atoms with van der Waals surface area (Å²) in [6.45, 7) is 1.94. The highest BCUT2D eigenvalue weighted by molar-refractivity contribution is 7.21. The SMILES string of the molecule is C/C(=N/Nc1ncnc2sc(-c3ccccc3)cc12)c1ccc(N)cc1. The summed E-state index contributed by atoms with van der Waals surface area (Å²) in [7, 11) is 0. The molecule has 2 aromatic heterocycles. The highest BCUT2D eigenvalue weighted by Crippen LogP contribution is 2.34. The Kier molecular flexibility index (Phi) is 4.33. The number of hydrogen-bond acceptors (Lipinski definition) is 6. The summed E-state index contributed by atoms with van der Waals surface area (Å²) in [6, 6.07) is 20.0. The van der Waals surface area contributed by atoms with Gasteiger partial charge in [0.05, 0.1) is 11.1 Å². The van der Waals surface area contributed by atoms with Crippen molar-refractivity contribution in [1.82, 2.24) is 9.97 Å². The van der Waals surface area contributed by atoms with Crippen LogP contribution in [0.15, 0.2) is 72.1 Å². The zero-order chi connectivity index (χ0) is 17.9. The van der Waals surface area contributed by atoms with E-state index in [0.717, 1.165) is 32.1 Å². The van der Waals surface area contributed by atoms with Crippen LogP contribution in [0.2, 0.25) is 0 Å². The predicted molar refractivity (Wildman–Crippen MR) is 110 cm³/mol. The molecule has 4 rings (SSSR count). The molecule has 6 heteroatoms. The zero-order valence-corrected chi connectivity index (χ0v) is 15.0. The number of aromatic nitrogens is 2. The molecule has 0 atom stereocenters. The van der Waals surface area contributed by atoms with Gasteiger partial charge in [0.2, 0.25) is 0 Å². The van der Waals surface area contributed by atoms with Gasteiger partial charge in [-0.25, -0.2) is 9.97 Å². The average Bonchev–Trinajstić information content (AvgIpc) is 3.12. The Balaban J connectivity index is 1.65. The summed E-state index contributed by atoms with van der Waals surface area (Å²) in [6.07, 6.45) is 1.56. The third kappa shape index (κ3) is 3.27. The number of benzene rings is 2. The Bertz CT molecular complexity index is 1070. The highest BCUT2D eigenvalue weighted by Gasteiger charge is 2.10. The first-order valence-electron chi connectivity index (χ1n) is 8.17. The lowest BCUT2D eigenvalue weighted by atomic mass is 10.1. The van der Waals surface area contributed by atoms with Crippen LogP contribution in [0.5, 0.6) is 0 Å². The van der Waals surface area contributed by atoms with Gasteiger partial charge < -0.3 is 5.73 Å². The minimum absolute atomic E-state index is 0.697. The van der Waals surface area contributed by atoms with E-state index in [1.165, 1.54) is 5.56 Å². The van der Waals surface area contributed by atoms with Crippen molar-refractivity contribution in [1.29, 1.82) is 0 Å². The first kappa shape index (κ1) is 16.2. The lowest BCUT2D eigenvalue weighted by molar-refractivity contribution is 1.18. The van der Waals surface area contributed by atoms with Gasteiger partial charge >= 0.3 is 0 Å². The van der Waals surface area contributed by atoms with Gasteiger partial charge in [0, 0.05) is 10.6 Å². The first-order valence-corrected chi connectivity index (χ1v) is 8.98. The lowest BCUT2D eigenvalue weighted by Crippen LogP contribution is -2.01. The first-order chi connectivity index (χ1) is 12.7. The number of nitrogens with two attached hydrogens (primary N) is 1. The second-order valence-corrected chi connectivity index (χ2v) is 6.88. The normalized spacial score (nSPS) is 11.7. The van der Waals surface area contributed by atoms with Crippen LogP contribution in [-0.4, -0.2) is 15.7 Å². The van der Waals surface area contributed by atoms with E-state index in [1.54, 1.807) is 17.7 Å². The fraction of sp³-hybridized carbons (Fsp3) is 0.0500. The molecular formula is C20H17N5S. The minimum atomic E-state index is 0.697. The molecule has 0 aliphatic heterocycles. The lowest BCUT2D eigenvalue weighted by Gasteiger charge is -2.04. The molecule has 2 aromatic carbocycles. The molecule has 0 spiro atoms. The maximum Gasteiger partial charge on any atom is 0.158 e. The van der Waals surface area contributed by atoms with E-state index in [4.69, 9.17) is 5.73 Å². The van der Waals surface area contributed by atoms with Gasteiger partial charge in [0.1, 0.15) is 11.2 Å². The second kappa shape index (κ2) is 6.93. The number of hydrogen-bond donors (Lipinski definition) is 2. The Morgan fingerprint density at radius 2 is 1.81 bits per heavy atom. The monoisotopic (exact) mass is 359 g/mol. The highest BCUT2D eigenvalue weighted by atomic mass is 32.1. The zero-order valence-electron chi connectivity index (χ0n) is 14.2.